The molecule has 2 aromatic carbocycles. The minimum Gasteiger partial charge on any atom is -0.512 e. The summed E-state index contributed by atoms with van der Waals surface area (Å²) in [5, 5.41) is 6.78. The number of ether oxygens (including phenoxy) is 3. The quantitative estimate of drug-likeness (QED) is 0.566. The van der Waals surface area contributed by atoms with Crippen molar-refractivity contribution in [3.05, 3.63) is 47.5 Å². The van der Waals surface area contributed by atoms with Crippen LogP contribution in [0, 0.1) is 0 Å². The number of hydrogen-bond donors (Lipinski definition) is 1. The van der Waals surface area contributed by atoms with E-state index in [1.807, 2.05) is 0 Å². The third kappa shape index (κ3) is 6.56. The van der Waals surface area contributed by atoms with Crippen molar-refractivity contribution in [2.24, 2.45) is 0 Å². The number of carboxylic acids is 1. The van der Waals surface area contributed by atoms with Crippen LogP contribution in [0.5, 0.6) is 23.0 Å². The Morgan fingerprint density at radius 3 is 1.93 bits per heavy atom. The lowest BCUT2D eigenvalue weighted by atomic mass is 9.52. The van der Waals surface area contributed by atoms with E-state index in [-0.39, 0.29) is 0 Å². The fourth-order valence-corrected chi connectivity index (χ4v) is 2.12. The molecule has 0 amide bonds. The van der Waals surface area contributed by atoms with Crippen molar-refractivity contribution in [2.45, 2.75) is 17.8 Å². The van der Waals surface area contributed by atoms with Crippen LogP contribution in [0.4, 0.5) is 26.3 Å². The summed E-state index contributed by atoms with van der Waals surface area (Å²) >= 11 is 0. The predicted molar refractivity (Wildman–Crippen MR) is 92.2 cm³/mol. The van der Waals surface area contributed by atoms with E-state index in [1.54, 1.807) is 0 Å². The average molecular weight is 426 g/mol. The summed E-state index contributed by atoms with van der Waals surface area (Å²) in [4.78, 5) is 11.3. The van der Waals surface area contributed by atoms with Gasteiger partial charge in [0.25, 0.3) is 0 Å². The molecule has 5 nitrogen and oxygen atoms in total. The number of hydrogen-bond acceptors (Lipinski definition) is 4. The van der Waals surface area contributed by atoms with Crippen molar-refractivity contribution in [2.75, 3.05) is 0 Å². The maximum atomic E-state index is 12.8. The van der Waals surface area contributed by atoms with Crippen LogP contribution in [0.2, 0.25) is 0 Å². The zero-order chi connectivity index (χ0) is 22.9. The first-order chi connectivity index (χ1) is 13.5. The van der Waals surface area contributed by atoms with Crippen LogP contribution in [0.15, 0.2) is 36.4 Å². The standard InChI is InChI=1S/C16H7B3F6O5/c17-15(18,19)30-12-6-8(29-16(23,24)25)2-4-11(12)28-10-3-1-7(14(20,21)22)5-9(10)13(26)27/h1-6H,(H,26,27). The van der Waals surface area contributed by atoms with Crippen molar-refractivity contribution in [1.29, 1.82) is 0 Å². The van der Waals surface area contributed by atoms with Gasteiger partial charge in [-0.15, -0.1) is 13.2 Å². The van der Waals surface area contributed by atoms with Gasteiger partial charge in [-0.05, 0) is 35.6 Å². The lowest BCUT2D eigenvalue weighted by Crippen LogP contribution is -2.37. The van der Waals surface area contributed by atoms with E-state index in [2.05, 4.69) is 4.74 Å². The van der Waals surface area contributed by atoms with E-state index in [0.29, 0.717) is 24.3 Å². The topological polar surface area (TPSA) is 65.0 Å². The van der Waals surface area contributed by atoms with E-state index in [1.165, 1.54) is 0 Å². The van der Waals surface area contributed by atoms with E-state index in [0.717, 1.165) is 12.1 Å². The second kappa shape index (κ2) is 8.08. The molecule has 14 heteroatoms. The van der Waals surface area contributed by atoms with Crippen molar-refractivity contribution in [3.63, 3.8) is 0 Å². The summed E-state index contributed by atoms with van der Waals surface area (Å²) in [7, 11) is 15.7. The number of rotatable bonds is 6. The highest BCUT2D eigenvalue weighted by atomic mass is 19.4. The summed E-state index contributed by atoms with van der Waals surface area (Å²) in [6.45, 7) is 0. The van der Waals surface area contributed by atoms with Crippen molar-refractivity contribution in [3.8, 4) is 23.0 Å². The normalized spacial score (nSPS) is 12.3. The van der Waals surface area contributed by atoms with Gasteiger partial charge in [0.2, 0.25) is 0 Å². The lowest BCUT2D eigenvalue weighted by Gasteiger charge is -2.25. The van der Waals surface area contributed by atoms with Crippen LogP contribution >= 0.6 is 0 Å². The van der Waals surface area contributed by atoms with Gasteiger partial charge < -0.3 is 19.3 Å². The first-order valence-electron chi connectivity index (χ1n) is 7.63. The molecule has 6 radical (unpaired) electrons. The average Bonchev–Trinajstić information content (AvgIpc) is 2.53. The molecular weight excluding hydrogens is 419 g/mol. The largest absolute Gasteiger partial charge is 0.573 e. The van der Waals surface area contributed by atoms with Gasteiger partial charge in [-0.1, -0.05) is 0 Å². The van der Waals surface area contributed by atoms with E-state index >= 15 is 0 Å². The molecule has 0 aliphatic carbocycles. The second-order valence-corrected chi connectivity index (χ2v) is 5.73. The van der Waals surface area contributed by atoms with E-state index < -0.39 is 57.9 Å². The number of carboxylic acid groups (broad SMARTS) is 1. The minimum atomic E-state index is -5.06. The van der Waals surface area contributed by atoms with Crippen LogP contribution in [-0.2, 0) is 6.18 Å². The summed E-state index contributed by atoms with van der Waals surface area (Å²) in [6, 6.07) is 3.82. The molecule has 0 saturated carbocycles. The number of alkyl halides is 6. The number of halogens is 6. The molecule has 1 N–H and O–H groups in total. The van der Waals surface area contributed by atoms with Crippen LogP contribution in [-0.4, -0.2) is 46.3 Å². The SMILES string of the molecule is [B]C([B])([B])Oc1cc(OC(F)(F)F)ccc1Oc1ccc(C(F)(F)F)cc1C(=O)O. The molecule has 30 heavy (non-hydrogen) atoms. The van der Waals surface area contributed by atoms with E-state index in [9.17, 15) is 36.2 Å². The second-order valence-electron chi connectivity index (χ2n) is 5.73. The monoisotopic (exact) mass is 426 g/mol. The Kier molecular flexibility index (Phi) is 6.29. The maximum absolute atomic E-state index is 12.8. The molecule has 152 valence electrons. The Morgan fingerprint density at radius 2 is 1.43 bits per heavy atom. The van der Waals surface area contributed by atoms with Gasteiger partial charge in [-0.25, -0.2) is 4.79 Å². The van der Waals surface area contributed by atoms with Gasteiger partial charge in [0.1, 0.15) is 40.6 Å². The molecule has 0 bridgehead atoms. The van der Waals surface area contributed by atoms with Crippen LogP contribution in [0.25, 0.3) is 0 Å². The van der Waals surface area contributed by atoms with Gasteiger partial charge >= 0.3 is 18.5 Å². The predicted octanol–water partition coefficient (Wildman–Crippen LogP) is 3.59. The molecule has 0 aliphatic heterocycles. The summed E-state index contributed by atoms with van der Waals surface area (Å²) in [6.07, 6.45) is -9.89. The third-order valence-corrected chi connectivity index (χ3v) is 3.19. The molecule has 0 atom stereocenters. The number of aromatic carboxylic acids is 1. The molecule has 0 spiro atoms. The number of carbonyl (C=O) groups is 1. The van der Waals surface area contributed by atoms with Crippen LogP contribution < -0.4 is 14.2 Å². The maximum Gasteiger partial charge on any atom is 0.573 e. The van der Waals surface area contributed by atoms with Crippen molar-refractivity contribution >= 4 is 29.5 Å². The molecule has 0 aliphatic rings. The highest BCUT2D eigenvalue weighted by Gasteiger charge is 2.33. The first kappa shape index (κ1) is 23.4. The molecular formula is C16H7B3F6O5. The van der Waals surface area contributed by atoms with Gasteiger partial charge in [0, 0.05) is 6.07 Å². The Labute approximate surface area is 169 Å². The Balaban J connectivity index is 2.49. The summed E-state index contributed by atoms with van der Waals surface area (Å²) in [5.74, 6) is -4.21. The fourth-order valence-electron chi connectivity index (χ4n) is 2.12. The summed E-state index contributed by atoms with van der Waals surface area (Å²) < 4.78 is 89.5. The van der Waals surface area contributed by atoms with Crippen LogP contribution in [0.1, 0.15) is 15.9 Å². The number of benzene rings is 2. The van der Waals surface area contributed by atoms with Crippen LogP contribution in [0.3, 0.4) is 0 Å². The lowest BCUT2D eigenvalue weighted by molar-refractivity contribution is -0.274. The van der Waals surface area contributed by atoms with Gasteiger partial charge in [0.15, 0.2) is 11.5 Å². The van der Waals surface area contributed by atoms with Gasteiger partial charge in [0.05, 0.1) is 5.56 Å². The molecule has 0 unspecified atom stereocenters. The Morgan fingerprint density at radius 1 is 0.833 bits per heavy atom. The van der Waals surface area contributed by atoms with E-state index in [4.69, 9.17) is 33.0 Å². The van der Waals surface area contributed by atoms with Crippen molar-refractivity contribution in [1.82, 2.24) is 0 Å². The molecule has 0 saturated heterocycles. The molecule has 0 fully saturated rings. The van der Waals surface area contributed by atoms with Gasteiger partial charge in [-0.2, -0.15) is 13.2 Å². The zero-order valence-corrected chi connectivity index (χ0v) is 14.5. The zero-order valence-electron chi connectivity index (χ0n) is 14.5. The molecule has 2 rings (SSSR count). The molecule has 2 aromatic rings. The summed E-state index contributed by atoms with van der Waals surface area (Å²) in [5.41, 5.74) is -2.14. The van der Waals surface area contributed by atoms with Crippen molar-refractivity contribution < 1.29 is 50.5 Å². The smallest absolute Gasteiger partial charge is 0.512 e. The minimum absolute atomic E-state index is 0.318. The highest BCUT2D eigenvalue weighted by molar-refractivity contribution is 6.58. The highest BCUT2D eigenvalue weighted by Crippen LogP contribution is 2.39. The molecule has 0 heterocycles. The Hall–Kier alpha value is -2.92. The fraction of sp³-hybridized carbons (Fsp3) is 0.188. The first-order valence-corrected chi connectivity index (χ1v) is 7.63. The molecule has 0 aromatic heterocycles. The van der Waals surface area contributed by atoms with Gasteiger partial charge in [-0.3, -0.25) is 0 Å². The Bertz CT molecular complexity index is 940. The third-order valence-electron chi connectivity index (χ3n) is 3.19.